The summed E-state index contributed by atoms with van der Waals surface area (Å²) in [5.41, 5.74) is 2.70. The van der Waals surface area contributed by atoms with Crippen LogP contribution in [0.3, 0.4) is 0 Å². The first-order valence-corrected chi connectivity index (χ1v) is 8.73. The highest BCUT2D eigenvalue weighted by atomic mass is 16.3. The van der Waals surface area contributed by atoms with Gasteiger partial charge in [-0.2, -0.15) is 5.10 Å². The van der Waals surface area contributed by atoms with Crippen molar-refractivity contribution in [2.45, 2.75) is 13.5 Å². The van der Waals surface area contributed by atoms with E-state index in [0.717, 1.165) is 22.6 Å². The Morgan fingerprint density at radius 2 is 2.00 bits per heavy atom. The fourth-order valence-electron chi connectivity index (χ4n) is 2.95. The molecule has 0 aliphatic heterocycles. The zero-order valence-electron chi connectivity index (χ0n) is 15.8. The molecule has 3 aromatic rings. The number of hydrogen-bond donors (Lipinski definition) is 2. The molecule has 2 N–H and O–H groups in total. The molecule has 27 heavy (non-hydrogen) atoms. The quantitative estimate of drug-likeness (QED) is 0.698. The monoisotopic (exact) mass is 368 g/mol. The minimum atomic E-state index is -0.308. The molecule has 1 aromatic carbocycles. The van der Waals surface area contributed by atoms with Gasteiger partial charge in [-0.05, 0) is 6.92 Å². The molecule has 0 aliphatic rings. The summed E-state index contributed by atoms with van der Waals surface area (Å²) in [5, 5.41) is 16.8. The van der Waals surface area contributed by atoms with E-state index in [1.54, 1.807) is 17.9 Å². The van der Waals surface area contributed by atoms with E-state index in [1.165, 1.54) is 4.90 Å². The van der Waals surface area contributed by atoms with Gasteiger partial charge in [-0.25, -0.2) is 9.78 Å². The Balaban J connectivity index is 1.81. The van der Waals surface area contributed by atoms with Gasteiger partial charge in [0.15, 0.2) is 0 Å². The second-order valence-electron chi connectivity index (χ2n) is 6.34. The Labute approximate surface area is 158 Å². The maximum Gasteiger partial charge on any atom is 0.323 e. The molecule has 0 bridgehead atoms. The zero-order valence-corrected chi connectivity index (χ0v) is 15.8. The normalized spacial score (nSPS) is 10.8. The molecule has 8 heteroatoms. The summed E-state index contributed by atoms with van der Waals surface area (Å²) in [5.74, 6) is 1.37. The van der Waals surface area contributed by atoms with Crippen LogP contribution in [0.1, 0.15) is 11.4 Å². The van der Waals surface area contributed by atoms with Gasteiger partial charge in [-0.1, -0.05) is 30.3 Å². The second-order valence-corrected chi connectivity index (χ2v) is 6.34. The molecule has 0 atom stereocenters. The second kappa shape index (κ2) is 8.05. The van der Waals surface area contributed by atoms with Crippen LogP contribution in [0, 0.1) is 6.92 Å². The van der Waals surface area contributed by atoms with Crippen molar-refractivity contribution in [3.8, 4) is 11.3 Å². The summed E-state index contributed by atoms with van der Waals surface area (Å²) in [7, 11) is 3.67. The highest BCUT2D eigenvalue weighted by Gasteiger charge is 2.20. The highest BCUT2D eigenvalue weighted by Crippen LogP contribution is 2.27. The third-order valence-electron chi connectivity index (χ3n) is 4.47. The lowest BCUT2D eigenvalue weighted by atomic mass is 10.1. The van der Waals surface area contributed by atoms with Crippen LogP contribution in [-0.4, -0.2) is 48.5 Å². The molecule has 0 aliphatic carbocycles. The lowest BCUT2D eigenvalue weighted by Gasteiger charge is -2.22. The van der Waals surface area contributed by atoms with E-state index < -0.39 is 0 Å². The van der Waals surface area contributed by atoms with Gasteiger partial charge in [-0.3, -0.25) is 10.00 Å². The van der Waals surface area contributed by atoms with Gasteiger partial charge in [0, 0.05) is 44.2 Å². The van der Waals surface area contributed by atoms with Crippen molar-refractivity contribution >= 4 is 11.8 Å². The lowest BCUT2D eigenvalue weighted by molar-refractivity contribution is 0.183. The fourth-order valence-corrected chi connectivity index (χ4v) is 2.95. The van der Waals surface area contributed by atoms with Gasteiger partial charge >= 0.3 is 6.03 Å². The summed E-state index contributed by atoms with van der Waals surface area (Å²) in [6.07, 6.45) is 3.50. The first kappa shape index (κ1) is 18.7. The van der Waals surface area contributed by atoms with Crippen molar-refractivity contribution in [3.05, 3.63) is 54.1 Å². The Hall–Kier alpha value is -3.13. The first-order valence-electron chi connectivity index (χ1n) is 8.73. The van der Waals surface area contributed by atoms with Crippen molar-refractivity contribution in [2.75, 3.05) is 18.5 Å². The molecule has 0 radical (unpaired) electrons. The number of nitrogens with zero attached hydrogens (tertiary/aromatic N) is 5. The fraction of sp³-hybridized carbons (Fsp3) is 0.316. The minimum Gasteiger partial charge on any atom is -0.395 e. The van der Waals surface area contributed by atoms with Crippen LogP contribution < -0.4 is 5.32 Å². The van der Waals surface area contributed by atoms with Crippen molar-refractivity contribution in [1.29, 1.82) is 0 Å². The number of rotatable bonds is 6. The number of hydrogen-bond acceptors (Lipinski definition) is 4. The van der Waals surface area contributed by atoms with E-state index in [1.807, 2.05) is 55.1 Å². The summed E-state index contributed by atoms with van der Waals surface area (Å²) >= 11 is 0. The summed E-state index contributed by atoms with van der Waals surface area (Å²) in [6, 6.07) is 9.53. The van der Waals surface area contributed by atoms with Gasteiger partial charge in [0.1, 0.15) is 11.6 Å². The average molecular weight is 368 g/mol. The van der Waals surface area contributed by atoms with Crippen molar-refractivity contribution in [1.82, 2.24) is 24.2 Å². The van der Waals surface area contributed by atoms with E-state index >= 15 is 0 Å². The maximum atomic E-state index is 12.8. The summed E-state index contributed by atoms with van der Waals surface area (Å²) < 4.78 is 3.51. The molecule has 3 rings (SSSR count). The summed E-state index contributed by atoms with van der Waals surface area (Å²) in [6.45, 7) is 2.32. The Kier molecular flexibility index (Phi) is 5.56. The molecule has 0 saturated carbocycles. The van der Waals surface area contributed by atoms with Crippen molar-refractivity contribution in [2.24, 2.45) is 14.1 Å². The van der Waals surface area contributed by atoms with E-state index in [4.69, 9.17) is 0 Å². The number of urea groups is 1. The molecular weight excluding hydrogens is 344 g/mol. The molecule has 2 aromatic heterocycles. The molecular formula is C19H24N6O2. The van der Waals surface area contributed by atoms with Crippen LogP contribution in [0.25, 0.3) is 11.3 Å². The van der Waals surface area contributed by atoms with Gasteiger partial charge < -0.3 is 14.6 Å². The molecule has 2 amide bonds. The van der Waals surface area contributed by atoms with Crippen LogP contribution in [0.2, 0.25) is 0 Å². The number of aryl methyl sites for hydroxylation is 2. The number of aliphatic hydroxyl groups excluding tert-OH is 1. The molecule has 8 nitrogen and oxygen atoms in total. The lowest BCUT2D eigenvalue weighted by Crippen LogP contribution is -2.37. The predicted molar refractivity (Wildman–Crippen MR) is 103 cm³/mol. The Morgan fingerprint density at radius 1 is 1.26 bits per heavy atom. The number of carbonyl (C=O) groups is 1. The maximum absolute atomic E-state index is 12.8. The van der Waals surface area contributed by atoms with Gasteiger partial charge in [0.25, 0.3) is 0 Å². The molecule has 142 valence electrons. The van der Waals surface area contributed by atoms with Gasteiger partial charge in [0.05, 0.1) is 18.8 Å². The van der Waals surface area contributed by atoms with Crippen LogP contribution in [0.15, 0.2) is 42.7 Å². The van der Waals surface area contributed by atoms with E-state index in [2.05, 4.69) is 15.4 Å². The minimum absolute atomic E-state index is 0.128. The summed E-state index contributed by atoms with van der Waals surface area (Å²) in [4.78, 5) is 18.6. The number of imidazole rings is 1. The van der Waals surface area contributed by atoms with Gasteiger partial charge in [0.2, 0.25) is 0 Å². The number of carbonyl (C=O) groups excluding carboxylic acids is 1. The van der Waals surface area contributed by atoms with Crippen molar-refractivity contribution in [3.63, 3.8) is 0 Å². The van der Waals surface area contributed by atoms with Crippen LogP contribution >= 0.6 is 0 Å². The topological polar surface area (TPSA) is 88.2 Å². The Morgan fingerprint density at radius 3 is 2.63 bits per heavy atom. The third kappa shape index (κ3) is 4.01. The largest absolute Gasteiger partial charge is 0.395 e. The van der Waals surface area contributed by atoms with E-state index in [-0.39, 0.29) is 19.2 Å². The number of amides is 2. The van der Waals surface area contributed by atoms with E-state index in [0.29, 0.717) is 12.4 Å². The SMILES string of the molecule is Cc1c(-c2ccccc2)nn(C)c1NC(=O)N(CCO)Cc1nccn1C. The number of nitrogens with one attached hydrogen (secondary N) is 1. The molecule has 0 spiro atoms. The van der Waals surface area contributed by atoms with Gasteiger partial charge in [-0.15, -0.1) is 0 Å². The number of anilines is 1. The van der Waals surface area contributed by atoms with Crippen LogP contribution in [-0.2, 0) is 20.6 Å². The van der Waals surface area contributed by atoms with Crippen molar-refractivity contribution < 1.29 is 9.90 Å². The smallest absolute Gasteiger partial charge is 0.323 e. The van der Waals surface area contributed by atoms with E-state index in [9.17, 15) is 9.90 Å². The third-order valence-corrected chi connectivity index (χ3v) is 4.47. The molecule has 2 heterocycles. The standard InChI is InChI=1S/C19H24N6O2/c1-14-17(15-7-5-4-6-8-15)22-24(3)18(14)21-19(27)25(11-12-26)13-16-20-9-10-23(16)2/h4-10,26H,11-13H2,1-3H3,(H,21,27). The molecule has 0 saturated heterocycles. The molecule has 0 unspecified atom stereocenters. The van der Waals surface area contributed by atoms with Crippen LogP contribution in [0.5, 0.6) is 0 Å². The average Bonchev–Trinajstić information content (AvgIpc) is 3.19. The predicted octanol–water partition coefficient (Wildman–Crippen LogP) is 2.16. The highest BCUT2D eigenvalue weighted by molar-refractivity contribution is 5.90. The van der Waals surface area contributed by atoms with Crippen LogP contribution in [0.4, 0.5) is 10.6 Å². The first-order chi connectivity index (χ1) is 13.0. The Bertz CT molecular complexity index is 916. The zero-order chi connectivity index (χ0) is 19.4. The number of aliphatic hydroxyl groups is 1. The molecule has 0 fully saturated rings. The number of aromatic nitrogens is 4. The number of benzene rings is 1.